The molecule has 2 aliphatic rings. The lowest BCUT2D eigenvalue weighted by Gasteiger charge is -2.38. The van der Waals surface area contributed by atoms with Gasteiger partial charge in [-0.3, -0.25) is 14.5 Å². The second-order valence-corrected chi connectivity index (χ2v) is 14.1. The summed E-state index contributed by atoms with van der Waals surface area (Å²) in [5, 5.41) is 2.97. The highest BCUT2D eigenvalue weighted by molar-refractivity contribution is 7.88. The third-order valence-electron chi connectivity index (χ3n) is 8.90. The van der Waals surface area contributed by atoms with Crippen LogP contribution in [0.3, 0.4) is 0 Å². The number of amides is 1. The zero-order chi connectivity index (χ0) is 32.1. The molecule has 0 atom stereocenters. The van der Waals surface area contributed by atoms with Gasteiger partial charge in [0.1, 0.15) is 0 Å². The van der Waals surface area contributed by atoms with Gasteiger partial charge in [0.15, 0.2) is 0 Å². The molecule has 0 spiro atoms. The summed E-state index contributed by atoms with van der Waals surface area (Å²) in [5.41, 5.74) is 6.53. The van der Waals surface area contributed by atoms with Crippen LogP contribution in [0.15, 0.2) is 53.3 Å². The third-order valence-corrected chi connectivity index (χ3v) is 10.2. The van der Waals surface area contributed by atoms with Crippen LogP contribution in [0.4, 0.5) is 5.69 Å². The quantitative estimate of drug-likeness (QED) is 0.350. The lowest BCUT2D eigenvalue weighted by Crippen LogP contribution is -2.46. The van der Waals surface area contributed by atoms with Crippen LogP contribution in [0.5, 0.6) is 0 Å². The van der Waals surface area contributed by atoms with E-state index in [0.29, 0.717) is 43.6 Å². The van der Waals surface area contributed by atoms with Gasteiger partial charge in [-0.2, -0.15) is 0 Å². The van der Waals surface area contributed by atoms with Crippen LogP contribution < -0.4 is 15.8 Å². The van der Waals surface area contributed by atoms with Gasteiger partial charge >= 0.3 is 0 Å². The minimum Gasteiger partial charge on any atom is -0.379 e. The Morgan fingerprint density at radius 2 is 1.69 bits per heavy atom. The number of aryl methyl sites for hydroxylation is 2. The average Bonchev–Trinajstić information content (AvgIpc) is 3.01. The van der Waals surface area contributed by atoms with Crippen molar-refractivity contribution in [1.82, 2.24) is 19.5 Å². The van der Waals surface area contributed by atoms with E-state index in [0.717, 1.165) is 60.9 Å². The van der Waals surface area contributed by atoms with Crippen LogP contribution in [0.25, 0.3) is 11.1 Å². The summed E-state index contributed by atoms with van der Waals surface area (Å²) >= 11 is 0. The van der Waals surface area contributed by atoms with Crippen LogP contribution >= 0.6 is 0 Å². The highest BCUT2D eigenvalue weighted by Gasteiger charge is 2.29. The first-order valence-corrected chi connectivity index (χ1v) is 17.6. The van der Waals surface area contributed by atoms with E-state index in [4.69, 9.17) is 4.74 Å². The van der Waals surface area contributed by atoms with E-state index < -0.39 is 10.0 Å². The lowest BCUT2D eigenvalue weighted by molar-refractivity contribution is 0.0342. The number of rotatable bonds is 10. The molecular weight excluding hydrogens is 590 g/mol. The maximum atomic E-state index is 13.6. The molecule has 0 unspecified atom stereocenters. The van der Waals surface area contributed by atoms with Gasteiger partial charge in [0, 0.05) is 74.4 Å². The second-order valence-electron chi connectivity index (χ2n) is 12.2. The smallest absolute Gasteiger partial charge is 0.253 e. The molecule has 5 rings (SSSR count). The van der Waals surface area contributed by atoms with Gasteiger partial charge in [0.05, 0.1) is 19.5 Å². The Morgan fingerprint density at radius 3 is 2.31 bits per heavy atom. The van der Waals surface area contributed by atoms with Crippen molar-refractivity contribution in [1.29, 1.82) is 0 Å². The summed E-state index contributed by atoms with van der Waals surface area (Å²) in [4.78, 5) is 33.7. The van der Waals surface area contributed by atoms with Crippen molar-refractivity contribution >= 4 is 21.6 Å². The molecule has 2 N–H and O–H groups in total. The van der Waals surface area contributed by atoms with E-state index in [1.165, 1.54) is 11.8 Å². The van der Waals surface area contributed by atoms with E-state index in [2.05, 4.69) is 57.4 Å². The third kappa shape index (κ3) is 8.21. The van der Waals surface area contributed by atoms with E-state index in [-0.39, 0.29) is 24.1 Å². The SMILES string of the molecule is CCN(c1cc(C(=O)NCc2c(C)cc(C)[nH]c2=O)cc(-c2ccc(CN3CCOCC3)cc2)c1)C1CCN(S(C)(=O)=O)CC1. The number of hydrogen-bond acceptors (Lipinski definition) is 7. The van der Waals surface area contributed by atoms with Gasteiger partial charge in [-0.15, -0.1) is 0 Å². The summed E-state index contributed by atoms with van der Waals surface area (Å²) in [6.07, 6.45) is 2.67. The Labute approximate surface area is 266 Å². The number of anilines is 1. The number of H-pyrrole nitrogens is 1. The molecule has 1 amide bonds. The first-order valence-electron chi connectivity index (χ1n) is 15.8. The number of carbonyl (C=O) groups is 1. The fourth-order valence-corrected chi connectivity index (χ4v) is 7.28. The highest BCUT2D eigenvalue weighted by Crippen LogP contribution is 2.31. The molecule has 2 aliphatic heterocycles. The van der Waals surface area contributed by atoms with Crippen molar-refractivity contribution < 1.29 is 17.9 Å². The maximum Gasteiger partial charge on any atom is 0.253 e. The average molecular weight is 636 g/mol. The number of nitrogens with one attached hydrogen (secondary N) is 2. The van der Waals surface area contributed by atoms with Crippen LogP contribution in [-0.4, -0.2) is 86.7 Å². The number of piperidine rings is 1. The molecule has 3 aromatic rings. The monoisotopic (exact) mass is 635 g/mol. The summed E-state index contributed by atoms with van der Waals surface area (Å²) in [6.45, 7) is 11.8. The molecule has 2 aromatic carbocycles. The fraction of sp³-hybridized carbons (Fsp3) is 0.471. The maximum absolute atomic E-state index is 13.6. The molecule has 242 valence electrons. The predicted octanol–water partition coefficient (Wildman–Crippen LogP) is 3.67. The largest absolute Gasteiger partial charge is 0.379 e. The molecule has 0 bridgehead atoms. The van der Waals surface area contributed by atoms with Crippen molar-refractivity contribution in [2.24, 2.45) is 0 Å². The van der Waals surface area contributed by atoms with E-state index in [1.54, 1.807) is 4.31 Å². The normalized spacial score (nSPS) is 16.9. The standard InChI is InChI=1S/C34H45N5O5S/c1-5-39(30-10-12-38(13-11-30)45(4,42)43)31-20-28(27-8-6-26(7-9-27)23-37-14-16-44-17-15-37)19-29(21-31)33(40)35-22-32-24(2)18-25(3)36-34(32)41/h6-9,18-21,30H,5,10-17,22-23H2,1-4H3,(H,35,40)(H,36,41). The first kappa shape index (κ1) is 32.9. The number of carbonyl (C=O) groups excluding carboxylic acids is 1. The number of ether oxygens (including phenoxy) is 1. The Hall–Kier alpha value is -3.51. The van der Waals surface area contributed by atoms with Gasteiger partial charge in [0.25, 0.3) is 11.5 Å². The molecule has 45 heavy (non-hydrogen) atoms. The Balaban J connectivity index is 1.42. The van der Waals surface area contributed by atoms with E-state index in [9.17, 15) is 18.0 Å². The molecule has 1 aromatic heterocycles. The zero-order valence-corrected chi connectivity index (χ0v) is 27.6. The van der Waals surface area contributed by atoms with Crippen molar-refractivity contribution in [3.8, 4) is 11.1 Å². The summed E-state index contributed by atoms with van der Waals surface area (Å²) < 4.78 is 31.3. The molecule has 11 heteroatoms. The number of hydrogen-bond donors (Lipinski definition) is 2. The molecule has 0 aliphatic carbocycles. The topological polar surface area (TPSA) is 115 Å². The van der Waals surface area contributed by atoms with Crippen LogP contribution in [0.2, 0.25) is 0 Å². The number of benzene rings is 2. The Kier molecular flexibility index (Phi) is 10.4. The van der Waals surface area contributed by atoms with Crippen molar-refractivity contribution in [2.45, 2.75) is 52.7 Å². The van der Waals surface area contributed by atoms with Gasteiger partial charge in [-0.05, 0) is 80.1 Å². The van der Waals surface area contributed by atoms with Gasteiger partial charge < -0.3 is 19.9 Å². The van der Waals surface area contributed by atoms with Crippen molar-refractivity contribution in [3.05, 3.63) is 86.8 Å². The molecule has 3 heterocycles. The van der Waals surface area contributed by atoms with Crippen LogP contribution in [0, 0.1) is 13.8 Å². The number of aromatic nitrogens is 1. The predicted molar refractivity (Wildman–Crippen MR) is 178 cm³/mol. The number of nitrogens with zero attached hydrogens (tertiary/aromatic N) is 3. The van der Waals surface area contributed by atoms with Crippen molar-refractivity contribution in [3.63, 3.8) is 0 Å². The van der Waals surface area contributed by atoms with Crippen molar-refractivity contribution in [2.75, 3.05) is 57.1 Å². The number of aromatic amines is 1. The molecule has 2 saturated heterocycles. The van der Waals surface area contributed by atoms with Gasteiger partial charge in [-0.25, -0.2) is 12.7 Å². The fourth-order valence-electron chi connectivity index (χ4n) is 6.40. The number of sulfonamides is 1. The second kappa shape index (κ2) is 14.3. The van der Waals surface area contributed by atoms with E-state index in [1.807, 2.05) is 32.0 Å². The number of pyridine rings is 1. The molecule has 10 nitrogen and oxygen atoms in total. The zero-order valence-electron chi connectivity index (χ0n) is 26.8. The summed E-state index contributed by atoms with van der Waals surface area (Å²) in [7, 11) is -3.23. The molecular formula is C34H45N5O5S. The summed E-state index contributed by atoms with van der Waals surface area (Å²) in [5.74, 6) is -0.260. The summed E-state index contributed by atoms with van der Waals surface area (Å²) in [6, 6.07) is 16.5. The minimum atomic E-state index is -3.23. The first-order chi connectivity index (χ1) is 21.5. The van der Waals surface area contributed by atoms with Crippen LogP contribution in [0.1, 0.15) is 52.5 Å². The lowest BCUT2D eigenvalue weighted by atomic mass is 9.98. The molecule has 0 saturated carbocycles. The number of morpholine rings is 1. The molecule has 2 fully saturated rings. The van der Waals surface area contributed by atoms with E-state index >= 15 is 0 Å². The van der Waals surface area contributed by atoms with Gasteiger partial charge in [0.2, 0.25) is 10.0 Å². The van der Waals surface area contributed by atoms with Crippen LogP contribution in [-0.2, 0) is 27.8 Å². The minimum absolute atomic E-state index is 0.123. The Bertz CT molecular complexity index is 1660. The highest BCUT2D eigenvalue weighted by atomic mass is 32.2. The van der Waals surface area contributed by atoms with Gasteiger partial charge in [-0.1, -0.05) is 24.3 Å². The Morgan fingerprint density at radius 1 is 1.00 bits per heavy atom. The molecule has 0 radical (unpaired) electrons.